The third-order valence-corrected chi connectivity index (χ3v) is 7.08. The molecule has 6 heteroatoms. The summed E-state index contributed by atoms with van der Waals surface area (Å²) in [5.41, 5.74) is 7.39. The third kappa shape index (κ3) is 4.31. The fourth-order valence-electron chi connectivity index (χ4n) is 5.07. The number of nitrogens with zero attached hydrogens (tertiary/aromatic N) is 3. The summed E-state index contributed by atoms with van der Waals surface area (Å²) in [7, 11) is 2.09. The van der Waals surface area contributed by atoms with E-state index in [0.29, 0.717) is 24.6 Å². The van der Waals surface area contributed by atoms with Crippen LogP contribution in [0.4, 0.5) is 17.1 Å². The summed E-state index contributed by atoms with van der Waals surface area (Å²) in [6.45, 7) is 1.42. The second-order valence-electron chi connectivity index (χ2n) is 9.13. The number of β-amino-alcohol motifs (C(OH)–C–C–N with tert-alkyl or cyclic N) is 1. The number of aliphatic hydroxyl groups excluding tert-OH is 1. The molecule has 0 amide bonds. The zero-order valence-electron chi connectivity index (χ0n) is 18.8. The van der Waals surface area contributed by atoms with Gasteiger partial charge >= 0.3 is 5.97 Å². The fourth-order valence-corrected chi connectivity index (χ4v) is 5.07. The van der Waals surface area contributed by atoms with Crippen molar-refractivity contribution in [1.29, 1.82) is 0 Å². The summed E-state index contributed by atoms with van der Waals surface area (Å²) in [6, 6.07) is 16.8. The molecule has 2 aromatic carbocycles. The van der Waals surface area contributed by atoms with Crippen LogP contribution in [0.25, 0.3) is 0 Å². The zero-order valence-corrected chi connectivity index (χ0v) is 18.8. The molecule has 2 heterocycles. The summed E-state index contributed by atoms with van der Waals surface area (Å²) >= 11 is 0. The number of aliphatic hydroxyl groups is 1. The van der Waals surface area contributed by atoms with E-state index >= 15 is 0 Å². The molecule has 0 unspecified atom stereocenters. The highest BCUT2D eigenvalue weighted by atomic mass is 16.4. The molecule has 170 valence electrons. The molecule has 5 rings (SSSR count). The molecule has 1 aliphatic carbocycles. The normalized spacial score (nSPS) is 17.5. The number of aryl methyl sites for hydroxylation is 2. The van der Waals surface area contributed by atoms with E-state index in [-0.39, 0.29) is 6.10 Å². The Balaban J connectivity index is 1.26. The van der Waals surface area contributed by atoms with E-state index in [1.165, 1.54) is 16.8 Å². The predicted octanol–water partition coefficient (Wildman–Crippen LogP) is 4.39. The zero-order chi connectivity index (χ0) is 22.9. The van der Waals surface area contributed by atoms with Crippen LogP contribution >= 0.6 is 0 Å². The summed E-state index contributed by atoms with van der Waals surface area (Å²) < 4.78 is 0. The predicted molar refractivity (Wildman–Crippen MR) is 130 cm³/mol. The summed E-state index contributed by atoms with van der Waals surface area (Å²) in [5.74, 6) is -0.435. The van der Waals surface area contributed by atoms with E-state index in [9.17, 15) is 15.0 Å². The fraction of sp³-hybridized carbons (Fsp3) is 0.333. The van der Waals surface area contributed by atoms with E-state index in [1.54, 1.807) is 18.5 Å². The Morgan fingerprint density at radius 3 is 2.61 bits per heavy atom. The lowest BCUT2D eigenvalue weighted by Crippen LogP contribution is -2.50. The number of aromatic carboxylic acids is 1. The van der Waals surface area contributed by atoms with Gasteiger partial charge in [-0.2, -0.15) is 0 Å². The van der Waals surface area contributed by atoms with Gasteiger partial charge in [-0.3, -0.25) is 4.98 Å². The maximum Gasteiger partial charge on any atom is 0.336 e. The molecule has 1 fully saturated rings. The molecular weight excluding hydrogens is 414 g/mol. The highest BCUT2D eigenvalue weighted by Crippen LogP contribution is 2.39. The van der Waals surface area contributed by atoms with Gasteiger partial charge in [-0.1, -0.05) is 6.07 Å². The van der Waals surface area contributed by atoms with Gasteiger partial charge in [0.15, 0.2) is 0 Å². The van der Waals surface area contributed by atoms with Crippen molar-refractivity contribution in [2.45, 2.75) is 37.7 Å². The molecule has 0 spiro atoms. The van der Waals surface area contributed by atoms with Crippen LogP contribution in [0.15, 0.2) is 60.9 Å². The first-order valence-corrected chi connectivity index (χ1v) is 11.6. The Kier molecular flexibility index (Phi) is 5.77. The second kappa shape index (κ2) is 8.87. The van der Waals surface area contributed by atoms with Crippen LogP contribution in [0, 0.1) is 0 Å². The summed E-state index contributed by atoms with van der Waals surface area (Å²) in [6.07, 6.45) is 6.83. The summed E-state index contributed by atoms with van der Waals surface area (Å²) in [5, 5.41) is 18.9. The van der Waals surface area contributed by atoms with Crippen molar-refractivity contribution in [3.8, 4) is 0 Å². The second-order valence-corrected chi connectivity index (χ2v) is 9.13. The number of carboxylic acid groups (broad SMARTS) is 1. The molecule has 0 saturated carbocycles. The van der Waals surface area contributed by atoms with Gasteiger partial charge in [0.1, 0.15) is 0 Å². The Morgan fingerprint density at radius 1 is 1.12 bits per heavy atom. The van der Waals surface area contributed by atoms with E-state index in [2.05, 4.69) is 64.3 Å². The Bertz CT molecular complexity index is 1160. The average Bonchev–Trinajstić information content (AvgIpc) is 3.22. The lowest BCUT2D eigenvalue weighted by Gasteiger charge is -2.38. The topological polar surface area (TPSA) is 76.9 Å². The van der Waals surface area contributed by atoms with E-state index < -0.39 is 5.97 Å². The molecule has 1 aromatic heterocycles. The van der Waals surface area contributed by atoms with Gasteiger partial charge in [0, 0.05) is 49.6 Å². The van der Waals surface area contributed by atoms with Crippen LogP contribution in [0.5, 0.6) is 0 Å². The van der Waals surface area contributed by atoms with Gasteiger partial charge < -0.3 is 20.0 Å². The van der Waals surface area contributed by atoms with Gasteiger partial charge in [-0.05, 0) is 90.8 Å². The van der Waals surface area contributed by atoms with Crippen LogP contribution < -0.4 is 9.80 Å². The van der Waals surface area contributed by atoms with Crippen molar-refractivity contribution in [1.82, 2.24) is 4.98 Å². The highest BCUT2D eigenvalue weighted by molar-refractivity contribution is 5.89. The van der Waals surface area contributed by atoms with Crippen molar-refractivity contribution in [3.05, 3.63) is 83.2 Å². The summed E-state index contributed by atoms with van der Waals surface area (Å²) in [4.78, 5) is 20.0. The van der Waals surface area contributed by atoms with Gasteiger partial charge in [0.25, 0.3) is 0 Å². The molecular formula is C27H29N3O3. The molecule has 0 bridgehead atoms. The quantitative estimate of drug-likeness (QED) is 0.564. The molecule has 0 radical (unpaired) electrons. The minimum absolute atomic E-state index is 0.203. The molecule has 1 atom stereocenters. The Morgan fingerprint density at radius 2 is 1.88 bits per heavy atom. The molecule has 2 N–H and O–H groups in total. The van der Waals surface area contributed by atoms with Gasteiger partial charge in [-0.25, -0.2) is 4.79 Å². The number of benzene rings is 2. The van der Waals surface area contributed by atoms with Crippen molar-refractivity contribution in [2.24, 2.45) is 0 Å². The number of anilines is 3. The minimum atomic E-state index is -0.887. The van der Waals surface area contributed by atoms with Crippen LogP contribution in [0.1, 0.15) is 45.8 Å². The molecule has 2 aliphatic rings. The van der Waals surface area contributed by atoms with Gasteiger partial charge in [-0.15, -0.1) is 0 Å². The third-order valence-electron chi connectivity index (χ3n) is 7.08. The highest BCUT2D eigenvalue weighted by Gasteiger charge is 2.25. The maximum atomic E-state index is 11.5. The number of aromatic nitrogens is 1. The first kappa shape index (κ1) is 21.5. The Hall–Kier alpha value is -3.38. The van der Waals surface area contributed by atoms with Crippen LogP contribution in [-0.4, -0.2) is 47.4 Å². The van der Waals surface area contributed by atoms with Crippen LogP contribution in [-0.2, 0) is 12.8 Å². The number of rotatable bonds is 7. The molecule has 1 saturated heterocycles. The molecule has 33 heavy (non-hydrogen) atoms. The number of fused-ring (bicyclic) bond motifs is 1. The van der Waals surface area contributed by atoms with Crippen molar-refractivity contribution in [2.75, 3.05) is 29.9 Å². The van der Waals surface area contributed by atoms with Crippen molar-refractivity contribution < 1.29 is 15.0 Å². The van der Waals surface area contributed by atoms with Gasteiger partial charge in [0.2, 0.25) is 0 Å². The first-order valence-electron chi connectivity index (χ1n) is 11.6. The van der Waals surface area contributed by atoms with E-state index in [0.717, 1.165) is 42.6 Å². The molecule has 1 aliphatic heterocycles. The lowest BCUT2D eigenvalue weighted by molar-refractivity contribution is 0.0695. The van der Waals surface area contributed by atoms with Crippen molar-refractivity contribution >= 4 is 23.0 Å². The van der Waals surface area contributed by atoms with E-state index in [4.69, 9.17) is 0 Å². The number of pyridine rings is 1. The van der Waals surface area contributed by atoms with Crippen LogP contribution in [0.3, 0.4) is 0 Å². The standard InChI is InChI=1S/C27H29N3O3/c1-29(21-6-8-22(9-7-21)30-16-24(31)17-30)23-10-11-25-18(2-4-19(25)14-23)3-5-20-15-28-13-12-26(20)27(32)33/h6-15,18,24,31H,2-5,16-17H2,1H3,(H,32,33)/t18-/m0/s1. The Labute approximate surface area is 194 Å². The van der Waals surface area contributed by atoms with E-state index in [1.807, 2.05) is 0 Å². The van der Waals surface area contributed by atoms with Crippen molar-refractivity contribution in [3.63, 3.8) is 0 Å². The molecule has 3 aromatic rings. The smallest absolute Gasteiger partial charge is 0.336 e. The SMILES string of the molecule is CN(c1ccc(N2CC(O)C2)cc1)c1ccc2c(c1)CC[C@H]2CCc1cnccc1C(=O)O. The number of carboxylic acids is 1. The lowest BCUT2D eigenvalue weighted by atomic mass is 9.93. The number of carbonyl (C=O) groups is 1. The number of hydrogen-bond acceptors (Lipinski definition) is 5. The minimum Gasteiger partial charge on any atom is -0.478 e. The average molecular weight is 444 g/mol. The monoisotopic (exact) mass is 443 g/mol. The van der Waals surface area contributed by atoms with Gasteiger partial charge in [0.05, 0.1) is 11.7 Å². The first-order chi connectivity index (χ1) is 16.0. The molecule has 6 nitrogen and oxygen atoms in total. The van der Waals surface area contributed by atoms with Crippen LogP contribution in [0.2, 0.25) is 0 Å². The maximum absolute atomic E-state index is 11.5. The number of hydrogen-bond donors (Lipinski definition) is 2. The largest absolute Gasteiger partial charge is 0.478 e.